The van der Waals surface area contributed by atoms with Gasteiger partial charge >= 0.3 is 0 Å². The largest absolute Gasteiger partial charge is 0.262 e. The molecule has 0 aliphatic heterocycles. The molecule has 0 atom stereocenters. The second-order valence-electron chi connectivity index (χ2n) is 5.19. The van der Waals surface area contributed by atoms with Crippen LogP contribution in [0.25, 0.3) is 0 Å². The first kappa shape index (κ1) is 16.0. The second kappa shape index (κ2) is 7.49. The van der Waals surface area contributed by atoms with Gasteiger partial charge in [-0.15, -0.1) is 11.8 Å². The molecule has 1 aromatic heterocycles. The highest BCUT2D eigenvalue weighted by molar-refractivity contribution is 7.99. The third-order valence-electron chi connectivity index (χ3n) is 3.38. The topological polar surface area (TPSA) is 17.8 Å². The van der Waals surface area contributed by atoms with Gasteiger partial charge in [-0.2, -0.15) is 17.7 Å². The van der Waals surface area contributed by atoms with Crippen LogP contribution in [-0.2, 0) is 7.05 Å². The van der Waals surface area contributed by atoms with Crippen LogP contribution < -0.4 is 0 Å². The van der Waals surface area contributed by atoms with Crippen molar-refractivity contribution in [2.24, 2.45) is 12.5 Å². The molecule has 0 aliphatic rings. The highest BCUT2D eigenvalue weighted by Gasteiger charge is 2.27. The Morgan fingerprint density at radius 3 is 2.33 bits per heavy atom. The first-order valence-corrected chi connectivity index (χ1v) is 8.43. The van der Waals surface area contributed by atoms with Crippen LogP contribution in [0.2, 0.25) is 0 Å². The monoisotopic (exact) mass is 286 g/mol. The molecule has 0 unspecified atom stereocenters. The smallest absolute Gasteiger partial charge is 0.0939 e. The number of rotatable bonds is 8. The molecular weight excluding hydrogens is 260 g/mol. The Hall–Kier alpha value is -0.0900. The summed E-state index contributed by atoms with van der Waals surface area (Å²) in [7, 11) is 2.03. The molecule has 1 aromatic rings. The fourth-order valence-corrected chi connectivity index (χ4v) is 4.39. The fraction of sp³-hybridized carbons (Fsp3) is 0.786. The first-order chi connectivity index (χ1) is 8.56. The van der Waals surface area contributed by atoms with Crippen LogP contribution in [0, 0.1) is 12.3 Å². The maximum absolute atomic E-state index is 4.61. The Morgan fingerprint density at radius 2 is 1.94 bits per heavy atom. The predicted molar refractivity (Wildman–Crippen MR) is 84.8 cm³/mol. The standard InChI is InChI=1S/C14H26N2S2/c1-5-7-14(10-17,8-6-2)11-18-13-9-12(3)15-16(13)4/h9,17H,5-8,10-11H2,1-4H3. The van der Waals surface area contributed by atoms with Crippen LogP contribution in [-0.4, -0.2) is 21.3 Å². The van der Waals surface area contributed by atoms with Crippen molar-refractivity contribution in [3.63, 3.8) is 0 Å². The molecular formula is C14H26N2S2. The lowest BCUT2D eigenvalue weighted by molar-refractivity contribution is 0.318. The Morgan fingerprint density at radius 1 is 1.33 bits per heavy atom. The van der Waals surface area contributed by atoms with E-state index in [2.05, 4.69) is 37.6 Å². The van der Waals surface area contributed by atoms with E-state index in [4.69, 9.17) is 0 Å². The van der Waals surface area contributed by atoms with Gasteiger partial charge in [0.05, 0.1) is 10.7 Å². The average molecular weight is 287 g/mol. The Labute approximate surface area is 121 Å². The van der Waals surface area contributed by atoms with Crippen LogP contribution in [0.4, 0.5) is 0 Å². The summed E-state index contributed by atoms with van der Waals surface area (Å²) in [4.78, 5) is 0. The molecule has 1 rings (SSSR count). The summed E-state index contributed by atoms with van der Waals surface area (Å²) in [6, 6.07) is 2.17. The van der Waals surface area contributed by atoms with Gasteiger partial charge in [0.15, 0.2) is 0 Å². The summed E-state index contributed by atoms with van der Waals surface area (Å²) in [6.07, 6.45) is 5.03. The van der Waals surface area contributed by atoms with Gasteiger partial charge in [0.25, 0.3) is 0 Å². The number of nitrogens with zero attached hydrogens (tertiary/aromatic N) is 2. The number of hydrogen-bond donors (Lipinski definition) is 1. The molecule has 0 aliphatic carbocycles. The molecule has 104 valence electrons. The van der Waals surface area contributed by atoms with Gasteiger partial charge in [-0.05, 0) is 37.0 Å². The number of aryl methyl sites for hydroxylation is 2. The zero-order valence-electron chi connectivity index (χ0n) is 12.1. The maximum Gasteiger partial charge on any atom is 0.0939 e. The van der Waals surface area contributed by atoms with E-state index in [-0.39, 0.29) is 0 Å². The SMILES string of the molecule is CCCC(CS)(CCC)CSc1cc(C)nn1C. The van der Waals surface area contributed by atoms with E-state index in [1.807, 2.05) is 30.4 Å². The molecule has 0 bridgehead atoms. The summed E-state index contributed by atoms with van der Waals surface area (Å²) in [5, 5.41) is 5.68. The van der Waals surface area contributed by atoms with E-state index in [1.165, 1.54) is 30.7 Å². The van der Waals surface area contributed by atoms with Gasteiger partial charge in [0, 0.05) is 12.8 Å². The predicted octanol–water partition coefficient (Wildman–Crippen LogP) is 4.34. The molecule has 4 heteroatoms. The van der Waals surface area contributed by atoms with Gasteiger partial charge < -0.3 is 0 Å². The van der Waals surface area contributed by atoms with E-state index in [9.17, 15) is 0 Å². The molecule has 0 fully saturated rings. The van der Waals surface area contributed by atoms with E-state index in [0.29, 0.717) is 5.41 Å². The van der Waals surface area contributed by atoms with E-state index >= 15 is 0 Å². The average Bonchev–Trinajstić information content (AvgIpc) is 2.65. The van der Waals surface area contributed by atoms with Crippen LogP contribution in [0.1, 0.15) is 45.2 Å². The van der Waals surface area contributed by atoms with E-state index in [0.717, 1.165) is 17.2 Å². The van der Waals surface area contributed by atoms with Crippen molar-refractivity contribution >= 4 is 24.4 Å². The zero-order chi connectivity index (χ0) is 13.6. The molecule has 0 saturated carbocycles. The van der Waals surface area contributed by atoms with Crippen molar-refractivity contribution in [3.8, 4) is 0 Å². The Kier molecular flexibility index (Phi) is 6.64. The number of thiol groups is 1. The molecule has 1 heterocycles. The number of hydrogen-bond acceptors (Lipinski definition) is 3. The fourth-order valence-electron chi connectivity index (χ4n) is 2.48. The molecule has 0 saturated heterocycles. The lowest BCUT2D eigenvalue weighted by Crippen LogP contribution is -2.26. The molecule has 18 heavy (non-hydrogen) atoms. The van der Waals surface area contributed by atoms with Crippen LogP contribution in [0.5, 0.6) is 0 Å². The van der Waals surface area contributed by atoms with Gasteiger partial charge in [-0.25, -0.2) is 0 Å². The van der Waals surface area contributed by atoms with Crippen molar-refractivity contribution in [1.29, 1.82) is 0 Å². The third-order valence-corrected chi connectivity index (χ3v) is 5.49. The lowest BCUT2D eigenvalue weighted by Gasteiger charge is -2.31. The van der Waals surface area contributed by atoms with E-state index in [1.54, 1.807) is 0 Å². The summed E-state index contributed by atoms with van der Waals surface area (Å²) in [6.45, 7) is 6.59. The second-order valence-corrected chi connectivity index (χ2v) is 6.51. The van der Waals surface area contributed by atoms with Gasteiger partial charge in [-0.1, -0.05) is 26.7 Å². The van der Waals surface area contributed by atoms with Crippen LogP contribution in [0.15, 0.2) is 11.1 Å². The molecule has 0 radical (unpaired) electrons. The Bertz CT molecular complexity index is 355. The zero-order valence-corrected chi connectivity index (χ0v) is 13.8. The van der Waals surface area contributed by atoms with Crippen molar-refractivity contribution in [2.45, 2.75) is 51.5 Å². The highest BCUT2D eigenvalue weighted by Crippen LogP contribution is 2.37. The van der Waals surface area contributed by atoms with E-state index < -0.39 is 0 Å². The van der Waals surface area contributed by atoms with Crippen molar-refractivity contribution in [1.82, 2.24) is 9.78 Å². The minimum atomic E-state index is 0.384. The van der Waals surface area contributed by atoms with Crippen LogP contribution >= 0.6 is 24.4 Å². The Balaban J connectivity index is 2.69. The first-order valence-electron chi connectivity index (χ1n) is 6.81. The summed E-state index contributed by atoms with van der Waals surface area (Å²) < 4.78 is 1.99. The quantitative estimate of drug-likeness (QED) is 0.566. The van der Waals surface area contributed by atoms with Crippen molar-refractivity contribution in [2.75, 3.05) is 11.5 Å². The molecule has 0 amide bonds. The van der Waals surface area contributed by atoms with Gasteiger partial charge in [-0.3, -0.25) is 4.68 Å². The van der Waals surface area contributed by atoms with Gasteiger partial charge in [0.1, 0.15) is 0 Å². The summed E-state index contributed by atoms with van der Waals surface area (Å²) in [5.41, 5.74) is 1.48. The lowest BCUT2D eigenvalue weighted by atomic mass is 9.83. The third kappa shape index (κ3) is 4.23. The minimum Gasteiger partial charge on any atom is -0.262 e. The normalized spacial score (nSPS) is 12.1. The van der Waals surface area contributed by atoms with Crippen molar-refractivity contribution < 1.29 is 0 Å². The summed E-state index contributed by atoms with van der Waals surface area (Å²) >= 11 is 6.54. The number of aromatic nitrogens is 2. The summed E-state index contributed by atoms with van der Waals surface area (Å²) in [5.74, 6) is 2.13. The maximum atomic E-state index is 4.61. The van der Waals surface area contributed by atoms with Crippen LogP contribution in [0.3, 0.4) is 0 Å². The van der Waals surface area contributed by atoms with Crippen molar-refractivity contribution in [3.05, 3.63) is 11.8 Å². The molecule has 0 aromatic carbocycles. The highest BCUT2D eigenvalue weighted by atomic mass is 32.2. The molecule has 0 spiro atoms. The minimum absolute atomic E-state index is 0.384. The number of thioether (sulfide) groups is 1. The molecule has 0 N–H and O–H groups in total. The van der Waals surface area contributed by atoms with Gasteiger partial charge in [0.2, 0.25) is 0 Å². The molecule has 2 nitrogen and oxygen atoms in total.